The number of likely N-dealkylation sites (N-methyl/N-ethyl adjacent to an activating group) is 2. The van der Waals surface area contributed by atoms with Crippen molar-refractivity contribution in [3.8, 4) is 16.9 Å². The van der Waals surface area contributed by atoms with Gasteiger partial charge in [-0.2, -0.15) is 0 Å². The number of anilines is 4. The van der Waals surface area contributed by atoms with Gasteiger partial charge in [0.2, 0.25) is 5.91 Å². The third-order valence-electron chi connectivity index (χ3n) is 6.02. The van der Waals surface area contributed by atoms with Crippen molar-refractivity contribution >= 4 is 39.7 Å². The number of benzene rings is 2. The summed E-state index contributed by atoms with van der Waals surface area (Å²) in [5, 5.41) is 7.11. The highest BCUT2D eigenvalue weighted by atomic mass is 19.1. The fraction of sp³-hybridized carbons (Fsp3) is 0.214. The smallest absolute Gasteiger partial charge is 0.247 e. The molecule has 8 nitrogen and oxygen atoms in total. The monoisotopic (exact) mass is 502 g/mol. The van der Waals surface area contributed by atoms with Gasteiger partial charge in [0.05, 0.1) is 35.9 Å². The molecule has 2 aromatic heterocycles. The molecular formula is C28H31FN6O2. The van der Waals surface area contributed by atoms with Crippen LogP contribution in [0.15, 0.2) is 67.5 Å². The first-order chi connectivity index (χ1) is 17.8. The van der Waals surface area contributed by atoms with Gasteiger partial charge in [-0.3, -0.25) is 4.79 Å². The molecule has 0 aliphatic heterocycles. The van der Waals surface area contributed by atoms with Crippen LogP contribution in [-0.4, -0.2) is 62.1 Å². The number of amides is 1. The Morgan fingerprint density at radius 2 is 1.97 bits per heavy atom. The summed E-state index contributed by atoms with van der Waals surface area (Å²) in [6.07, 6.45) is 4.79. The Balaban J connectivity index is 1.72. The standard InChI is InChI=1S/C28H31FN6O2/c1-6-28(36)33-22-14-23(26(37-5)15-25(22)35(4)11-10-34(2)3)32-27-13-20-21(16-30-24(20)17-31-27)18-8-7-9-19(29)12-18/h6-9,12-17,30H,1,10-11H2,2-5H3,(H,31,32)(H,33,36). The molecule has 4 rings (SSSR count). The molecule has 9 heteroatoms. The van der Waals surface area contributed by atoms with Gasteiger partial charge in [-0.1, -0.05) is 18.7 Å². The fourth-order valence-electron chi connectivity index (χ4n) is 4.03. The van der Waals surface area contributed by atoms with Crippen molar-refractivity contribution in [2.75, 3.05) is 56.9 Å². The summed E-state index contributed by atoms with van der Waals surface area (Å²) in [6.45, 7) is 5.15. The quantitative estimate of drug-likeness (QED) is 0.257. The van der Waals surface area contributed by atoms with Crippen LogP contribution in [0.1, 0.15) is 0 Å². The third-order valence-corrected chi connectivity index (χ3v) is 6.02. The van der Waals surface area contributed by atoms with E-state index >= 15 is 0 Å². The van der Waals surface area contributed by atoms with Crippen molar-refractivity contribution in [1.82, 2.24) is 14.9 Å². The Labute approximate surface area is 215 Å². The Bertz CT molecular complexity index is 1430. The lowest BCUT2D eigenvalue weighted by Crippen LogP contribution is -2.29. The molecule has 1 amide bonds. The van der Waals surface area contributed by atoms with Crippen LogP contribution >= 0.6 is 0 Å². The summed E-state index contributed by atoms with van der Waals surface area (Å²) in [5.74, 6) is 0.543. The van der Waals surface area contributed by atoms with Crippen LogP contribution in [0.4, 0.5) is 27.3 Å². The Morgan fingerprint density at radius 3 is 2.68 bits per heavy atom. The molecule has 0 spiro atoms. The zero-order valence-corrected chi connectivity index (χ0v) is 21.4. The van der Waals surface area contributed by atoms with E-state index in [0.717, 1.165) is 40.8 Å². The number of carbonyl (C=O) groups is 1. The molecule has 0 atom stereocenters. The highest BCUT2D eigenvalue weighted by Crippen LogP contribution is 2.39. The second-order valence-electron chi connectivity index (χ2n) is 8.94. The first-order valence-corrected chi connectivity index (χ1v) is 11.8. The summed E-state index contributed by atoms with van der Waals surface area (Å²) in [4.78, 5) is 24.1. The van der Waals surface area contributed by atoms with Crippen LogP contribution < -0.4 is 20.3 Å². The summed E-state index contributed by atoms with van der Waals surface area (Å²) in [7, 11) is 7.58. The summed E-state index contributed by atoms with van der Waals surface area (Å²) in [5.41, 5.74) is 4.50. The Hall–Kier alpha value is -4.37. The molecule has 2 aromatic carbocycles. The van der Waals surface area contributed by atoms with Gasteiger partial charge in [0.25, 0.3) is 0 Å². The number of aromatic nitrogens is 2. The van der Waals surface area contributed by atoms with Crippen LogP contribution in [0.2, 0.25) is 0 Å². The molecule has 0 bridgehead atoms. The van der Waals surface area contributed by atoms with E-state index in [1.807, 2.05) is 51.6 Å². The summed E-state index contributed by atoms with van der Waals surface area (Å²) >= 11 is 0. The zero-order valence-electron chi connectivity index (χ0n) is 21.4. The molecule has 0 unspecified atom stereocenters. The van der Waals surface area contributed by atoms with E-state index in [-0.39, 0.29) is 11.7 Å². The predicted molar refractivity (Wildman–Crippen MR) is 148 cm³/mol. The zero-order chi connectivity index (χ0) is 26.5. The van der Waals surface area contributed by atoms with Crippen molar-refractivity contribution in [2.45, 2.75) is 0 Å². The van der Waals surface area contributed by atoms with E-state index < -0.39 is 0 Å². The number of methoxy groups -OCH3 is 1. The molecule has 2 heterocycles. The van der Waals surface area contributed by atoms with Gasteiger partial charge in [0, 0.05) is 43.4 Å². The van der Waals surface area contributed by atoms with Crippen molar-refractivity contribution in [3.63, 3.8) is 0 Å². The van der Waals surface area contributed by atoms with Crippen LogP contribution in [0.3, 0.4) is 0 Å². The number of hydrogen-bond acceptors (Lipinski definition) is 6. The first-order valence-electron chi connectivity index (χ1n) is 11.8. The second-order valence-corrected chi connectivity index (χ2v) is 8.94. The van der Waals surface area contributed by atoms with E-state index in [1.54, 1.807) is 19.4 Å². The first kappa shape index (κ1) is 25.7. The van der Waals surface area contributed by atoms with Crippen LogP contribution in [0, 0.1) is 5.82 Å². The number of hydrogen-bond donors (Lipinski definition) is 3. The van der Waals surface area contributed by atoms with Crippen LogP contribution in [-0.2, 0) is 4.79 Å². The van der Waals surface area contributed by atoms with E-state index in [4.69, 9.17) is 4.74 Å². The van der Waals surface area contributed by atoms with Gasteiger partial charge >= 0.3 is 0 Å². The Morgan fingerprint density at radius 1 is 1.16 bits per heavy atom. The maximum absolute atomic E-state index is 13.8. The van der Waals surface area contributed by atoms with Gasteiger partial charge in [-0.15, -0.1) is 0 Å². The topological polar surface area (TPSA) is 85.5 Å². The summed E-state index contributed by atoms with van der Waals surface area (Å²) in [6, 6.07) is 12.1. The maximum atomic E-state index is 13.8. The number of ether oxygens (including phenoxy) is 1. The fourth-order valence-corrected chi connectivity index (χ4v) is 4.03. The van der Waals surface area contributed by atoms with Gasteiger partial charge in [-0.25, -0.2) is 9.37 Å². The minimum atomic E-state index is -0.315. The minimum Gasteiger partial charge on any atom is -0.494 e. The van der Waals surface area contributed by atoms with E-state index in [2.05, 4.69) is 37.0 Å². The molecule has 192 valence electrons. The number of nitrogens with one attached hydrogen (secondary N) is 3. The highest BCUT2D eigenvalue weighted by Gasteiger charge is 2.17. The number of carbonyl (C=O) groups excluding carboxylic acids is 1. The van der Waals surface area contributed by atoms with Crippen molar-refractivity contribution in [2.24, 2.45) is 0 Å². The number of fused-ring (bicyclic) bond motifs is 1. The van der Waals surface area contributed by atoms with Gasteiger partial charge in [0.1, 0.15) is 17.4 Å². The lowest BCUT2D eigenvalue weighted by atomic mass is 10.1. The number of aromatic amines is 1. The summed E-state index contributed by atoms with van der Waals surface area (Å²) < 4.78 is 19.5. The molecule has 4 aromatic rings. The lowest BCUT2D eigenvalue weighted by Gasteiger charge is -2.26. The Kier molecular flexibility index (Phi) is 7.74. The van der Waals surface area contributed by atoms with Gasteiger partial charge in [-0.05, 0) is 50.0 Å². The molecule has 37 heavy (non-hydrogen) atoms. The largest absolute Gasteiger partial charge is 0.494 e. The van der Waals surface area contributed by atoms with Crippen molar-refractivity contribution < 1.29 is 13.9 Å². The van der Waals surface area contributed by atoms with E-state index in [1.165, 1.54) is 18.2 Å². The van der Waals surface area contributed by atoms with Crippen molar-refractivity contribution in [3.05, 3.63) is 73.3 Å². The molecular weight excluding hydrogens is 471 g/mol. The number of pyridine rings is 1. The van der Waals surface area contributed by atoms with Gasteiger partial charge < -0.3 is 30.2 Å². The second kappa shape index (κ2) is 11.1. The van der Waals surface area contributed by atoms with E-state index in [9.17, 15) is 9.18 Å². The normalized spacial score (nSPS) is 11.0. The SMILES string of the molecule is C=CC(=O)Nc1cc(Nc2cc3c(-c4cccc(F)c4)c[nH]c3cn2)c(OC)cc1N(C)CCN(C)C. The van der Waals surface area contributed by atoms with Gasteiger partial charge in [0.15, 0.2) is 0 Å². The number of rotatable bonds is 10. The predicted octanol–water partition coefficient (Wildman–Crippen LogP) is 5.24. The average Bonchev–Trinajstić information content (AvgIpc) is 3.30. The highest BCUT2D eigenvalue weighted by molar-refractivity contribution is 6.02. The number of halogens is 1. The number of H-pyrrole nitrogens is 1. The molecule has 0 radical (unpaired) electrons. The molecule has 0 aliphatic carbocycles. The average molecular weight is 503 g/mol. The molecule has 3 N–H and O–H groups in total. The van der Waals surface area contributed by atoms with Crippen LogP contribution in [0.5, 0.6) is 5.75 Å². The molecule has 0 aliphatic rings. The molecule has 0 saturated heterocycles. The van der Waals surface area contributed by atoms with Crippen LogP contribution in [0.25, 0.3) is 22.0 Å². The van der Waals surface area contributed by atoms with Crippen molar-refractivity contribution in [1.29, 1.82) is 0 Å². The molecule has 0 fully saturated rings. The molecule has 0 saturated carbocycles. The van der Waals surface area contributed by atoms with E-state index in [0.29, 0.717) is 22.9 Å². The number of nitrogens with zero attached hydrogens (tertiary/aromatic N) is 3. The lowest BCUT2D eigenvalue weighted by molar-refractivity contribution is -0.111. The third kappa shape index (κ3) is 5.90. The maximum Gasteiger partial charge on any atom is 0.247 e. The minimum absolute atomic E-state index is 0.297.